The van der Waals surface area contributed by atoms with E-state index >= 15 is 0 Å². The van der Waals surface area contributed by atoms with Crippen LogP contribution in [-0.2, 0) is 19.1 Å². The minimum atomic E-state index is -0.274. The van der Waals surface area contributed by atoms with E-state index in [1.54, 1.807) is 0 Å². The maximum atomic E-state index is 12.6. The van der Waals surface area contributed by atoms with Crippen LogP contribution < -0.4 is 5.32 Å². The van der Waals surface area contributed by atoms with Crippen molar-refractivity contribution in [3.63, 3.8) is 0 Å². The van der Waals surface area contributed by atoms with Crippen molar-refractivity contribution in [1.29, 1.82) is 0 Å². The minimum Gasteiger partial charge on any atom is -0.455 e. The van der Waals surface area contributed by atoms with Gasteiger partial charge in [-0.05, 0) is 69.1 Å². The Bertz CT molecular complexity index is 448. The Hall–Kier alpha value is -1.10. The van der Waals surface area contributed by atoms with E-state index in [2.05, 4.69) is 5.32 Å². The molecule has 1 heterocycles. The van der Waals surface area contributed by atoms with Gasteiger partial charge in [-0.15, -0.1) is 0 Å². The van der Waals surface area contributed by atoms with Crippen molar-refractivity contribution in [3.8, 4) is 0 Å². The summed E-state index contributed by atoms with van der Waals surface area (Å²) in [6.07, 6.45) is 9.02. The molecule has 128 valence electrons. The van der Waals surface area contributed by atoms with Crippen LogP contribution in [-0.4, -0.2) is 37.7 Å². The first-order chi connectivity index (χ1) is 11.1. The van der Waals surface area contributed by atoms with Gasteiger partial charge in [-0.2, -0.15) is 0 Å². The number of hydrogen-bond donors (Lipinski definition) is 1. The Morgan fingerprint density at radius 3 is 2.30 bits per heavy atom. The number of rotatable bonds is 5. The molecule has 4 bridgehead atoms. The summed E-state index contributed by atoms with van der Waals surface area (Å²) in [6, 6.07) is 0. The minimum absolute atomic E-state index is 0.121. The van der Waals surface area contributed by atoms with Gasteiger partial charge in [0.2, 0.25) is 0 Å². The molecule has 0 radical (unpaired) electrons. The zero-order chi connectivity index (χ0) is 15.9. The Labute approximate surface area is 137 Å². The summed E-state index contributed by atoms with van der Waals surface area (Å²) in [5, 5.41) is 2.81. The molecule has 0 unspecified atom stereocenters. The molecule has 5 heteroatoms. The summed E-state index contributed by atoms with van der Waals surface area (Å²) in [6.45, 7) is 1.16. The van der Waals surface area contributed by atoms with Crippen LogP contribution in [0.1, 0.15) is 51.4 Å². The molecular formula is C18H27NO4. The molecule has 0 spiro atoms. The number of carbonyl (C=O) groups excluding carboxylic acids is 2. The topological polar surface area (TPSA) is 64.6 Å². The number of esters is 1. The molecule has 5 aliphatic rings. The summed E-state index contributed by atoms with van der Waals surface area (Å²) in [4.78, 5) is 24.5. The zero-order valence-electron chi connectivity index (χ0n) is 13.7. The molecule has 5 rings (SSSR count). The fourth-order valence-corrected chi connectivity index (χ4v) is 5.73. The summed E-state index contributed by atoms with van der Waals surface area (Å²) in [5.74, 6) is 1.80. The Morgan fingerprint density at radius 2 is 1.74 bits per heavy atom. The fourth-order valence-electron chi connectivity index (χ4n) is 5.73. The van der Waals surface area contributed by atoms with Crippen molar-refractivity contribution in [3.05, 3.63) is 0 Å². The average Bonchev–Trinajstić information content (AvgIpc) is 3.02. The second kappa shape index (κ2) is 6.08. The maximum Gasteiger partial charge on any atom is 0.312 e. The normalized spacial score (nSPS) is 41.0. The van der Waals surface area contributed by atoms with Gasteiger partial charge < -0.3 is 14.8 Å². The third-order valence-corrected chi connectivity index (χ3v) is 6.36. The lowest BCUT2D eigenvalue weighted by Crippen LogP contribution is -2.51. The van der Waals surface area contributed by atoms with Gasteiger partial charge in [0.15, 0.2) is 6.61 Å². The van der Waals surface area contributed by atoms with Crippen LogP contribution in [0.15, 0.2) is 0 Å². The highest BCUT2D eigenvalue weighted by molar-refractivity contribution is 5.83. The number of nitrogens with one attached hydrogen (secondary N) is 1. The third-order valence-electron chi connectivity index (χ3n) is 6.36. The molecular weight excluding hydrogens is 294 g/mol. The predicted octanol–water partition coefficient (Wildman–Crippen LogP) is 2.04. The van der Waals surface area contributed by atoms with E-state index in [0.29, 0.717) is 24.3 Å². The highest BCUT2D eigenvalue weighted by atomic mass is 16.5. The van der Waals surface area contributed by atoms with Crippen LogP contribution in [0.3, 0.4) is 0 Å². The van der Waals surface area contributed by atoms with E-state index in [1.807, 2.05) is 0 Å². The number of amides is 1. The molecule has 4 aliphatic carbocycles. The third kappa shape index (κ3) is 3.12. The van der Waals surface area contributed by atoms with Crippen LogP contribution in [0.25, 0.3) is 0 Å². The molecule has 1 atom stereocenters. The maximum absolute atomic E-state index is 12.6. The van der Waals surface area contributed by atoms with Gasteiger partial charge in [-0.25, -0.2) is 0 Å². The number of hydrogen-bond acceptors (Lipinski definition) is 4. The summed E-state index contributed by atoms with van der Waals surface area (Å²) < 4.78 is 10.9. The fraction of sp³-hybridized carbons (Fsp3) is 0.889. The monoisotopic (exact) mass is 321 g/mol. The lowest BCUT2D eigenvalue weighted by Gasteiger charge is -2.55. The van der Waals surface area contributed by atoms with Gasteiger partial charge in [0.1, 0.15) is 0 Å². The van der Waals surface area contributed by atoms with Crippen molar-refractivity contribution in [2.75, 3.05) is 19.8 Å². The highest BCUT2D eigenvalue weighted by Crippen LogP contribution is 2.60. The van der Waals surface area contributed by atoms with Gasteiger partial charge in [-0.3, -0.25) is 9.59 Å². The molecule has 1 saturated heterocycles. The van der Waals surface area contributed by atoms with Crippen LogP contribution in [0.2, 0.25) is 0 Å². The van der Waals surface area contributed by atoms with Crippen molar-refractivity contribution in [1.82, 2.24) is 5.32 Å². The van der Waals surface area contributed by atoms with Crippen molar-refractivity contribution >= 4 is 11.9 Å². The number of ether oxygens (including phenoxy) is 2. The summed E-state index contributed by atoms with van der Waals surface area (Å²) >= 11 is 0. The van der Waals surface area contributed by atoms with Gasteiger partial charge >= 0.3 is 5.97 Å². The van der Waals surface area contributed by atoms with Crippen LogP contribution in [0.4, 0.5) is 0 Å². The van der Waals surface area contributed by atoms with Crippen LogP contribution in [0.5, 0.6) is 0 Å². The Kier molecular flexibility index (Phi) is 4.08. The first-order valence-electron chi connectivity index (χ1n) is 9.18. The van der Waals surface area contributed by atoms with Gasteiger partial charge in [-0.1, -0.05) is 0 Å². The van der Waals surface area contributed by atoms with Crippen LogP contribution in [0, 0.1) is 23.2 Å². The molecule has 4 saturated carbocycles. The van der Waals surface area contributed by atoms with Crippen molar-refractivity contribution in [2.24, 2.45) is 23.2 Å². The molecule has 0 aromatic rings. The second-order valence-corrected chi connectivity index (χ2v) is 8.21. The molecule has 5 fully saturated rings. The molecule has 23 heavy (non-hydrogen) atoms. The molecule has 0 aromatic heterocycles. The molecule has 5 nitrogen and oxygen atoms in total. The van der Waals surface area contributed by atoms with E-state index < -0.39 is 0 Å². The first-order valence-corrected chi connectivity index (χ1v) is 9.18. The summed E-state index contributed by atoms with van der Waals surface area (Å²) in [5.41, 5.74) is -0.274. The standard InChI is InChI=1S/C18H27NO4/c20-16(19-10-15-2-1-3-22-15)11-23-17(21)18-7-12-4-13(8-18)6-14(5-12)9-18/h12-15H,1-11H2,(H,19,20)/t12?,13?,14?,15-,18?/m0/s1. The van der Waals surface area contributed by atoms with Crippen LogP contribution >= 0.6 is 0 Å². The Morgan fingerprint density at radius 1 is 1.09 bits per heavy atom. The predicted molar refractivity (Wildman–Crippen MR) is 83.5 cm³/mol. The molecule has 0 aromatic carbocycles. The van der Waals surface area contributed by atoms with Crippen molar-refractivity contribution in [2.45, 2.75) is 57.5 Å². The van der Waals surface area contributed by atoms with E-state index in [9.17, 15) is 9.59 Å². The van der Waals surface area contributed by atoms with E-state index in [-0.39, 0.29) is 30.0 Å². The highest BCUT2D eigenvalue weighted by Gasteiger charge is 2.55. The molecule has 1 N–H and O–H groups in total. The lowest BCUT2D eigenvalue weighted by molar-refractivity contribution is -0.173. The Balaban J connectivity index is 1.26. The number of carbonyl (C=O) groups is 2. The zero-order valence-corrected chi connectivity index (χ0v) is 13.7. The largest absolute Gasteiger partial charge is 0.455 e. The molecule has 1 amide bonds. The van der Waals surface area contributed by atoms with Crippen molar-refractivity contribution < 1.29 is 19.1 Å². The average molecular weight is 321 g/mol. The first kappa shape index (κ1) is 15.4. The molecule has 1 aliphatic heterocycles. The smallest absolute Gasteiger partial charge is 0.312 e. The van der Waals surface area contributed by atoms with Gasteiger partial charge in [0.25, 0.3) is 5.91 Å². The SMILES string of the molecule is O=C(COC(=O)C12CC3CC(CC(C3)C1)C2)NC[C@@H]1CCCO1. The quantitative estimate of drug-likeness (QED) is 0.787. The van der Waals surface area contributed by atoms with E-state index in [0.717, 1.165) is 38.7 Å². The summed E-state index contributed by atoms with van der Waals surface area (Å²) in [7, 11) is 0. The van der Waals surface area contributed by atoms with Gasteiger partial charge in [0.05, 0.1) is 11.5 Å². The van der Waals surface area contributed by atoms with E-state index in [4.69, 9.17) is 9.47 Å². The van der Waals surface area contributed by atoms with Gasteiger partial charge in [0, 0.05) is 13.2 Å². The lowest BCUT2D eigenvalue weighted by atomic mass is 9.49. The van der Waals surface area contributed by atoms with E-state index in [1.165, 1.54) is 19.3 Å². The second-order valence-electron chi connectivity index (χ2n) is 8.21.